The first-order chi connectivity index (χ1) is 11.2. The minimum absolute atomic E-state index is 0.112. The number of halogens is 2. The number of nitriles is 1. The standard InChI is InChI=1S/C19H19Cl2NO/c20-11-10-15(13-22)12-18(21)14-23-19-8-6-17(7-9-19)16-4-2-1-3-5-16/h1-9,15,18H,10-12,14H2. The maximum absolute atomic E-state index is 9.02. The predicted octanol–water partition coefficient (Wildman–Crippen LogP) is 5.50. The summed E-state index contributed by atoms with van der Waals surface area (Å²) in [5, 5.41) is 8.82. The summed E-state index contributed by atoms with van der Waals surface area (Å²) >= 11 is 11.9. The first-order valence-electron chi connectivity index (χ1n) is 7.61. The fraction of sp³-hybridized carbons (Fsp3) is 0.316. The number of hydrogen-bond donors (Lipinski definition) is 0. The summed E-state index contributed by atoms with van der Waals surface area (Å²) in [6, 6.07) is 20.3. The van der Waals surface area contributed by atoms with Crippen LogP contribution in [0.4, 0.5) is 0 Å². The molecule has 0 heterocycles. The molecule has 0 aliphatic rings. The molecule has 2 unspecified atom stereocenters. The van der Waals surface area contributed by atoms with Crippen LogP contribution in [0, 0.1) is 17.2 Å². The van der Waals surface area contributed by atoms with Crippen LogP contribution in [0.3, 0.4) is 0 Å². The molecule has 2 atom stereocenters. The molecule has 120 valence electrons. The van der Waals surface area contributed by atoms with Gasteiger partial charge in [0.2, 0.25) is 0 Å². The molecule has 0 aromatic heterocycles. The van der Waals surface area contributed by atoms with E-state index < -0.39 is 0 Å². The largest absolute Gasteiger partial charge is 0.492 e. The van der Waals surface area contributed by atoms with Crippen molar-refractivity contribution in [3.63, 3.8) is 0 Å². The van der Waals surface area contributed by atoms with Crippen molar-refractivity contribution in [2.24, 2.45) is 5.92 Å². The third-order valence-corrected chi connectivity index (χ3v) is 4.10. The number of ether oxygens (including phenoxy) is 1. The van der Waals surface area contributed by atoms with Gasteiger partial charge in [0, 0.05) is 11.8 Å². The Hall–Kier alpha value is -1.69. The maximum atomic E-state index is 9.02. The van der Waals surface area contributed by atoms with Gasteiger partial charge in [-0.3, -0.25) is 0 Å². The fourth-order valence-corrected chi connectivity index (χ4v) is 2.85. The van der Waals surface area contributed by atoms with Gasteiger partial charge in [0.05, 0.1) is 11.4 Å². The maximum Gasteiger partial charge on any atom is 0.119 e. The summed E-state index contributed by atoms with van der Waals surface area (Å²) in [7, 11) is 0. The molecule has 2 nitrogen and oxygen atoms in total. The van der Waals surface area contributed by atoms with Crippen LogP contribution in [-0.4, -0.2) is 17.9 Å². The molecule has 2 rings (SSSR count). The molecular formula is C19H19Cl2NO. The lowest BCUT2D eigenvalue weighted by molar-refractivity contribution is 0.302. The molecule has 2 aromatic carbocycles. The molecule has 0 spiro atoms. The normalized spacial score (nSPS) is 13.1. The number of nitrogens with zero attached hydrogens (tertiary/aromatic N) is 1. The Kier molecular flexibility index (Phi) is 7.26. The van der Waals surface area contributed by atoms with Crippen LogP contribution < -0.4 is 4.74 Å². The van der Waals surface area contributed by atoms with Crippen LogP contribution >= 0.6 is 23.2 Å². The second kappa shape index (κ2) is 9.45. The van der Waals surface area contributed by atoms with E-state index in [1.165, 1.54) is 5.56 Å². The lowest BCUT2D eigenvalue weighted by atomic mass is 10.0. The van der Waals surface area contributed by atoms with Gasteiger partial charge in [-0.15, -0.1) is 23.2 Å². The van der Waals surface area contributed by atoms with Crippen molar-refractivity contribution in [1.82, 2.24) is 0 Å². The van der Waals surface area contributed by atoms with Gasteiger partial charge in [-0.2, -0.15) is 5.26 Å². The number of alkyl halides is 2. The van der Waals surface area contributed by atoms with Gasteiger partial charge in [-0.25, -0.2) is 0 Å². The molecule has 23 heavy (non-hydrogen) atoms. The first-order valence-corrected chi connectivity index (χ1v) is 8.58. The highest BCUT2D eigenvalue weighted by molar-refractivity contribution is 6.20. The smallest absolute Gasteiger partial charge is 0.119 e. The van der Waals surface area contributed by atoms with Crippen LogP contribution in [0.5, 0.6) is 5.75 Å². The molecule has 4 heteroatoms. The quantitative estimate of drug-likeness (QED) is 0.590. The second-order valence-corrected chi connectivity index (χ2v) is 6.33. The van der Waals surface area contributed by atoms with Crippen molar-refractivity contribution in [2.45, 2.75) is 18.2 Å². The van der Waals surface area contributed by atoms with Crippen molar-refractivity contribution in [3.8, 4) is 22.9 Å². The highest BCUT2D eigenvalue weighted by Crippen LogP contribution is 2.23. The van der Waals surface area contributed by atoms with Crippen LogP contribution in [-0.2, 0) is 0 Å². The Morgan fingerprint density at radius 2 is 1.65 bits per heavy atom. The zero-order chi connectivity index (χ0) is 16.5. The summed E-state index contributed by atoms with van der Waals surface area (Å²) in [6.07, 6.45) is 1.25. The highest BCUT2D eigenvalue weighted by atomic mass is 35.5. The van der Waals surface area contributed by atoms with E-state index in [4.69, 9.17) is 33.2 Å². The summed E-state index contributed by atoms with van der Waals surface area (Å²) in [4.78, 5) is 0. The van der Waals surface area contributed by atoms with Gasteiger partial charge in [0.1, 0.15) is 12.4 Å². The van der Waals surface area contributed by atoms with Crippen molar-refractivity contribution in [1.29, 1.82) is 5.26 Å². The molecule has 0 N–H and O–H groups in total. The number of benzene rings is 2. The molecule has 0 aliphatic heterocycles. The average molecular weight is 348 g/mol. The van der Waals surface area contributed by atoms with Gasteiger partial charge < -0.3 is 4.74 Å². The Morgan fingerprint density at radius 1 is 1.00 bits per heavy atom. The molecule has 0 bridgehead atoms. The topological polar surface area (TPSA) is 33.0 Å². The Labute approximate surface area is 147 Å². The molecule has 0 fully saturated rings. The first kappa shape index (κ1) is 17.7. The summed E-state index contributed by atoms with van der Waals surface area (Å²) in [5.74, 6) is 1.14. The monoisotopic (exact) mass is 347 g/mol. The van der Waals surface area contributed by atoms with E-state index in [1.54, 1.807) is 0 Å². The van der Waals surface area contributed by atoms with Crippen molar-refractivity contribution in [2.75, 3.05) is 12.5 Å². The molecule has 0 radical (unpaired) electrons. The Bertz CT molecular complexity index is 622. The lowest BCUT2D eigenvalue weighted by Gasteiger charge is -2.14. The van der Waals surface area contributed by atoms with Gasteiger partial charge in [0.15, 0.2) is 0 Å². The molecule has 0 aliphatic carbocycles. The molecule has 0 saturated carbocycles. The molecule has 2 aromatic rings. The van der Waals surface area contributed by atoms with E-state index in [2.05, 4.69) is 18.2 Å². The van der Waals surface area contributed by atoms with Gasteiger partial charge in [-0.1, -0.05) is 42.5 Å². The zero-order valence-corrected chi connectivity index (χ0v) is 14.3. The van der Waals surface area contributed by atoms with Crippen LogP contribution in [0.15, 0.2) is 54.6 Å². The third kappa shape index (κ3) is 5.78. The van der Waals surface area contributed by atoms with E-state index in [-0.39, 0.29) is 11.3 Å². The van der Waals surface area contributed by atoms with Crippen molar-refractivity contribution >= 4 is 23.2 Å². The van der Waals surface area contributed by atoms with E-state index in [0.717, 1.165) is 11.3 Å². The van der Waals surface area contributed by atoms with Gasteiger partial charge >= 0.3 is 0 Å². The Balaban J connectivity index is 1.86. The summed E-state index contributed by atoms with van der Waals surface area (Å²) < 4.78 is 5.71. The molecule has 0 saturated heterocycles. The number of rotatable bonds is 8. The number of hydrogen-bond acceptors (Lipinski definition) is 2. The minimum Gasteiger partial charge on any atom is -0.492 e. The van der Waals surface area contributed by atoms with E-state index in [0.29, 0.717) is 25.3 Å². The summed E-state index contributed by atoms with van der Waals surface area (Å²) in [5.41, 5.74) is 2.32. The van der Waals surface area contributed by atoms with Gasteiger partial charge in [-0.05, 0) is 36.1 Å². The zero-order valence-electron chi connectivity index (χ0n) is 12.8. The van der Waals surface area contributed by atoms with Crippen LogP contribution in [0.25, 0.3) is 11.1 Å². The van der Waals surface area contributed by atoms with Crippen molar-refractivity contribution < 1.29 is 4.74 Å². The minimum atomic E-state index is -0.198. The van der Waals surface area contributed by atoms with E-state index in [1.807, 2.05) is 42.5 Å². The Morgan fingerprint density at radius 3 is 2.26 bits per heavy atom. The molecule has 0 amide bonds. The van der Waals surface area contributed by atoms with E-state index in [9.17, 15) is 0 Å². The second-order valence-electron chi connectivity index (χ2n) is 5.34. The molecular weight excluding hydrogens is 329 g/mol. The highest BCUT2D eigenvalue weighted by Gasteiger charge is 2.14. The van der Waals surface area contributed by atoms with Gasteiger partial charge in [0.25, 0.3) is 0 Å². The average Bonchev–Trinajstić information content (AvgIpc) is 2.61. The summed E-state index contributed by atoms with van der Waals surface area (Å²) in [6.45, 7) is 0.382. The SMILES string of the molecule is N#CC(CCCl)CC(Cl)COc1ccc(-c2ccccc2)cc1. The fourth-order valence-electron chi connectivity index (χ4n) is 2.30. The van der Waals surface area contributed by atoms with Crippen LogP contribution in [0.2, 0.25) is 0 Å². The predicted molar refractivity (Wildman–Crippen MR) is 96.1 cm³/mol. The van der Waals surface area contributed by atoms with Crippen LogP contribution in [0.1, 0.15) is 12.8 Å². The third-order valence-electron chi connectivity index (χ3n) is 3.57. The van der Waals surface area contributed by atoms with E-state index >= 15 is 0 Å². The van der Waals surface area contributed by atoms with Crippen molar-refractivity contribution in [3.05, 3.63) is 54.6 Å². The lowest BCUT2D eigenvalue weighted by Crippen LogP contribution is -2.16.